The molecule has 0 spiro atoms. The first-order chi connectivity index (χ1) is 16.0. The van der Waals surface area contributed by atoms with Gasteiger partial charge in [0.25, 0.3) is 5.91 Å². The summed E-state index contributed by atoms with van der Waals surface area (Å²) >= 11 is 0. The summed E-state index contributed by atoms with van der Waals surface area (Å²) in [4.78, 5) is 24.7. The lowest BCUT2D eigenvalue weighted by molar-refractivity contribution is 0.102. The van der Waals surface area contributed by atoms with Crippen LogP contribution in [0.3, 0.4) is 0 Å². The van der Waals surface area contributed by atoms with Crippen LogP contribution >= 0.6 is 0 Å². The number of benzene rings is 3. The summed E-state index contributed by atoms with van der Waals surface area (Å²) in [5, 5.41) is 6.66. The van der Waals surface area contributed by atoms with E-state index < -0.39 is 0 Å². The second kappa shape index (κ2) is 8.54. The molecule has 33 heavy (non-hydrogen) atoms. The Morgan fingerprint density at radius 2 is 1.97 bits per heavy atom. The number of hydrogen-bond donors (Lipinski definition) is 2. The van der Waals surface area contributed by atoms with E-state index in [1.54, 1.807) is 61.5 Å². The van der Waals surface area contributed by atoms with Crippen molar-refractivity contribution in [2.24, 2.45) is 0 Å². The minimum atomic E-state index is -0.337. The van der Waals surface area contributed by atoms with Gasteiger partial charge in [0.15, 0.2) is 6.61 Å². The number of nitrogens with zero attached hydrogens (tertiary/aromatic N) is 3. The van der Waals surface area contributed by atoms with Crippen molar-refractivity contribution in [3.05, 3.63) is 89.8 Å². The molecule has 0 aliphatic heterocycles. The molecule has 0 fully saturated rings. The van der Waals surface area contributed by atoms with E-state index in [0.717, 1.165) is 0 Å². The third-order valence-corrected chi connectivity index (χ3v) is 4.90. The maximum Gasteiger partial charge on any atom is 0.259 e. The molecule has 0 saturated heterocycles. The van der Waals surface area contributed by atoms with Crippen molar-refractivity contribution in [2.75, 3.05) is 5.32 Å². The van der Waals surface area contributed by atoms with E-state index in [1.165, 1.54) is 12.1 Å². The van der Waals surface area contributed by atoms with Crippen molar-refractivity contribution in [3.63, 3.8) is 0 Å². The van der Waals surface area contributed by atoms with Crippen LogP contribution in [0.2, 0.25) is 0 Å². The summed E-state index contributed by atoms with van der Waals surface area (Å²) < 4.78 is 24.2. The van der Waals surface area contributed by atoms with E-state index in [4.69, 9.17) is 9.26 Å². The molecule has 0 bridgehead atoms. The number of fused-ring (bicyclic) bond motifs is 1. The van der Waals surface area contributed by atoms with Crippen LogP contribution in [-0.4, -0.2) is 26.0 Å². The number of imidazole rings is 1. The highest BCUT2D eigenvalue weighted by Crippen LogP contribution is 2.25. The molecule has 2 N–H and O–H groups in total. The zero-order valence-corrected chi connectivity index (χ0v) is 17.5. The second-order valence-electron chi connectivity index (χ2n) is 7.30. The van der Waals surface area contributed by atoms with Crippen molar-refractivity contribution in [2.45, 2.75) is 13.5 Å². The van der Waals surface area contributed by atoms with Gasteiger partial charge in [-0.1, -0.05) is 29.4 Å². The Balaban J connectivity index is 1.35. The molecule has 3 aromatic carbocycles. The van der Waals surface area contributed by atoms with Crippen LogP contribution in [0.1, 0.15) is 22.1 Å². The van der Waals surface area contributed by atoms with Gasteiger partial charge < -0.3 is 19.6 Å². The van der Waals surface area contributed by atoms with Crippen LogP contribution in [-0.2, 0) is 6.61 Å². The molecule has 164 valence electrons. The first-order valence-corrected chi connectivity index (χ1v) is 10.1. The number of hydrogen-bond acceptors (Lipinski definition) is 6. The smallest absolute Gasteiger partial charge is 0.259 e. The molecule has 1 amide bonds. The van der Waals surface area contributed by atoms with Gasteiger partial charge in [0, 0.05) is 18.2 Å². The average molecular weight is 443 g/mol. The van der Waals surface area contributed by atoms with E-state index in [2.05, 4.69) is 25.4 Å². The van der Waals surface area contributed by atoms with Crippen molar-refractivity contribution >= 4 is 22.6 Å². The van der Waals surface area contributed by atoms with Gasteiger partial charge in [-0.2, -0.15) is 4.98 Å². The Morgan fingerprint density at radius 1 is 1.09 bits per heavy atom. The standard InChI is InChI=1S/C24H18FN5O3/c1-14-26-22(30-33-14)13-32-21-8-3-2-7-18(21)24(31)27-17-9-10-19-20(12-17)29-23(28-19)15-5-4-6-16(25)11-15/h2-12H,13H2,1H3,(H,27,31)(H,28,29). The molecule has 8 nitrogen and oxygen atoms in total. The van der Waals surface area contributed by atoms with E-state index in [1.807, 2.05) is 0 Å². The number of para-hydroxylation sites is 1. The molecule has 0 atom stereocenters. The number of carbonyl (C=O) groups is 1. The highest BCUT2D eigenvalue weighted by Gasteiger charge is 2.15. The van der Waals surface area contributed by atoms with Crippen molar-refractivity contribution in [3.8, 4) is 17.1 Å². The minimum Gasteiger partial charge on any atom is -0.485 e. The molecular weight excluding hydrogens is 425 g/mol. The van der Waals surface area contributed by atoms with Gasteiger partial charge in [0.05, 0.1) is 16.6 Å². The minimum absolute atomic E-state index is 0.0740. The lowest BCUT2D eigenvalue weighted by Crippen LogP contribution is -2.13. The number of amides is 1. The summed E-state index contributed by atoms with van der Waals surface area (Å²) in [5.74, 6) is 1.10. The van der Waals surface area contributed by atoms with Gasteiger partial charge in [0.1, 0.15) is 17.4 Å². The summed E-state index contributed by atoms with van der Waals surface area (Å²) in [5.41, 5.74) is 2.99. The van der Waals surface area contributed by atoms with Crippen LogP contribution in [0.15, 0.2) is 71.3 Å². The van der Waals surface area contributed by atoms with Crippen LogP contribution < -0.4 is 10.1 Å². The number of aryl methyl sites for hydroxylation is 1. The fraction of sp³-hybridized carbons (Fsp3) is 0.0833. The topological polar surface area (TPSA) is 106 Å². The molecule has 5 aromatic rings. The molecule has 0 aliphatic rings. The van der Waals surface area contributed by atoms with Crippen LogP contribution in [0.5, 0.6) is 5.75 Å². The predicted molar refractivity (Wildman–Crippen MR) is 119 cm³/mol. The van der Waals surface area contributed by atoms with E-state index in [-0.39, 0.29) is 18.3 Å². The fourth-order valence-electron chi connectivity index (χ4n) is 3.38. The van der Waals surface area contributed by atoms with E-state index in [0.29, 0.717) is 51.1 Å². The molecule has 9 heteroatoms. The Bertz CT molecular complexity index is 1460. The van der Waals surface area contributed by atoms with Crippen LogP contribution in [0, 0.1) is 12.7 Å². The monoisotopic (exact) mass is 443 g/mol. The third kappa shape index (κ3) is 4.42. The molecule has 2 heterocycles. The van der Waals surface area contributed by atoms with Gasteiger partial charge in [-0.25, -0.2) is 9.37 Å². The van der Waals surface area contributed by atoms with Gasteiger partial charge >= 0.3 is 0 Å². The maximum absolute atomic E-state index is 13.6. The number of rotatable bonds is 6. The highest BCUT2D eigenvalue weighted by molar-refractivity contribution is 6.06. The average Bonchev–Trinajstić information content (AvgIpc) is 3.43. The number of H-pyrrole nitrogens is 1. The summed E-state index contributed by atoms with van der Waals surface area (Å²) in [6.07, 6.45) is 0. The van der Waals surface area contributed by atoms with Crippen LogP contribution in [0.25, 0.3) is 22.4 Å². The summed E-state index contributed by atoms with van der Waals surface area (Å²) in [7, 11) is 0. The number of anilines is 1. The molecule has 0 aliphatic carbocycles. The van der Waals surface area contributed by atoms with Gasteiger partial charge in [-0.05, 0) is 42.5 Å². The number of nitrogens with one attached hydrogen (secondary N) is 2. The van der Waals surface area contributed by atoms with Crippen molar-refractivity contribution < 1.29 is 18.4 Å². The Morgan fingerprint density at radius 3 is 2.79 bits per heavy atom. The van der Waals surface area contributed by atoms with E-state index >= 15 is 0 Å². The number of aromatic nitrogens is 4. The molecule has 0 saturated carbocycles. The molecule has 2 aromatic heterocycles. The summed E-state index contributed by atoms with van der Waals surface area (Å²) in [6.45, 7) is 1.76. The second-order valence-corrected chi connectivity index (χ2v) is 7.30. The summed E-state index contributed by atoms with van der Waals surface area (Å²) in [6, 6.07) is 18.4. The van der Waals surface area contributed by atoms with E-state index in [9.17, 15) is 9.18 Å². The quantitative estimate of drug-likeness (QED) is 0.387. The first kappa shape index (κ1) is 20.4. The van der Waals surface area contributed by atoms with Gasteiger partial charge in [-0.15, -0.1) is 0 Å². The maximum atomic E-state index is 13.6. The number of aromatic amines is 1. The molecule has 5 rings (SSSR count). The Hall–Kier alpha value is -4.53. The molecule has 0 unspecified atom stereocenters. The lowest BCUT2D eigenvalue weighted by Gasteiger charge is -2.10. The van der Waals surface area contributed by atoms with Gasteiger partial charge in [-0.3, -0.25) is 4.79 Å². The zero-order valence-electron chi connectivity index (χ0n) is 17.5. The lowest BCUT2D eigenvalue weighted by atomic mass is 10.1. The normalized spacial score (nSPS) is 11.0. The molecular formula is C24H18FN5O3. The zero-order chi connectivity index (χ0) is 22.8. The molecule has 0 radical (unpaired) electrons. The SMILES string of the molecule is Cc1nc(COc2ccccc2C(=O)Nc2ccc3nc(-c4cccc(F)c4)[nH]c3c2)no1. The predicted octanol–water partition coefficient (Wildman–Crippen LogP) is 4.89. The number of halogens is 1. The van der Waals surface area contributed by atoms with Crippen LogP contribution in [0.4, 0.5) is 10.1 Å². The Kier molecular flexibility index (Phi) is 5.27. The fourth-order valence-corrected chi connectivity index (χ4v) is 3.38. The highest BCUT2D eigenvalue weighted by atomic mass is 19.1. The van der Waals surface area contributed by atoms with Gasteiger partial charge in [0.2, 0.25) is 11.7 Å². The number of ether oxygens (including phenoxy) is 1. The third-order valence-electron chi connectivity index (χ3n) is 4.90. The number of carbonyl (C=O) groups excluding carboxylic acids is 1. The first-order valence-electron chi connectivity index (χ1n) is 10.1. The Labute approximate surface area is 187 Å². The van der Waals surface area contributed by atoms with Crippen molar-refractivity contribution in [1.29, 1.82) is 0 Å². The van der Waals surface area contributed by atoms with Crippen molar-refractivity contribution in [1.82, 2.24) is 20.1 Å². The largest absolute Gasteiger partial charge is 0.485 e.